The van der Waals surface area contributed by atoms with Gasteiger partial charge in [-0.2, -0.15) is 0 Å². The largest absolute Gasteiger partial charge is 0.369 e. The number of rotatable bonds is 6. The third-order valence-corrected chi connectivity index (χ3v) is 4.98. The Morgan fingerprint density at radius 1 is 1.00 bits per heavy atom. The van der Waals surface area contributed by atoms with Crippen LogP contribution in [-0.2, 0) is 6.54 Å². The maximum Gasteiger partial charge on any atom is 0.322 e. The number of amides is 2. The van der Waals surface area contributed by atoms with E-state index >= 15 is 0 Å². The monoisotopic (exact) mass is 366 g/mol. The second kappa shape index (κ2) is 9.42. The summed E-state index contributed by atoms with van der Waals surface area (Å²) in [4.78, 5) is 19.3. The molecule has 1 fully saturated rings. The summed E-state index contributed by atoms with van der Waals surface area (Å²) >= 11 is 0. The fraction of sp³-hybridized carbons (Fsp3) is 0.409. The molecule has 0 bridgehead atoms. The Morgan fingerprint density at radius 3 is 2.30 bits per heavy atom. The van der Waals surface area contributed by atoms with Crippen LogP contribution in [0.25, 0.3) is 0 Å². The molecule has 0 atom stereocenters. The van der Waals surface area contributed by atoms with Gasteiger partial charge in [0, 0.05) is 50.6 Å². The molecule has 1 heterocycles. The lowest BCUT2D eigenvalue weighted by atomic mass is 10.2. The van der Waals surface area contributed by atoms with E-state index < -0.39 is 0 Å². The van der Waals surface area contributed by atoms with Crippen LogP contribution in [0.2, 0.25) is 0 Å². The Bertz CT molecular complexity index is 709. The van der Waals surface area contributed by atoms with Crippen LogP contribution in [0, 0.1) is 0 Å². The molecule has 1 N–H and O–H groups in total. The van der Waals surface area contributed by atoms with Gasteiger partial charge in [0.05, 0.1) is 0 Å². The Morgan fingerprint density at radius 2 is 1.67 bits per heavy atom. The molecular weight excluding hydrogens is 336 g/mol. The lowest BCUT2D eigenvalue weighted by Crippen LogP contribution is -2.44. The van der Waals surface area contributed by atoms with E-state index in [4.69, 9.17) is 0 Å². The van der Waals surface area contributed by atoms with Crippen molar-refractivity contribution >= 4 is 17.4 Å². The number of hydrogen-bond donors (Lipinski definition) is 1. The number of likely N-dealkylation sites (N-methyl/N-ethyl adjacent to an activating group) is 1. The molecule has 0 unspecified atom stereocenters. The number of piperazine rings is 1. The molecule has 2 amide bonds. The summed E-state index contributed by atoms with van der Waals surface area (Å²) in [6.07, 6.45) is 0.933. The van der Waals surface area contributed by atoms with E-state index in [1.807, 2.05) is 35.2 Å². The van der Waals surface area contributed by atoms with Gasteiger partial charge in [0.2, 0.25) is 0 Å². The maximum atomic E-state index is 12.7. The van der Waals surface area contributed by atoms with Crippen LogP contribution in [0.15, 0.2) is 54.6 Å². The van der Waals surface area contributed by atoms with Crippen molar-refractivity contribution in [3.63, 3.8) is 0 Å². The van der Waals surface area contributed by atoms with Crippen molar-refractivity contribution in [2.24, 2.45) is 0 Å². The van der Waals surface area contributed by atoms with E-state index in [9.17, 15) is 4.79 Å². The molecule has 0 aromatic heterocycles. The van der Waals surface area contributed by atoms with E-state index in [0.717, 1.165) is 50.4 Å². The van der Waals surface area contributed by atoms with Crippen molar-refractivity contribution in [1.29, 1.82) is 0 Å². The van der Waals surface area contributed by atoms with E-state index in [1.54, 1.807) is 0 Å². The third-order valence-electron chi connectivity index (χ3n) is 4.98. The molecule has 27 heavy (non-hydrogen) atoms. The highest BCUT2D eigenvalue weighted by atomic mass is 16.2. The van der Waals surface area contributed by atoms with E-state index in [1.165, 1.54) is 5.69 Å². The summed E-state index contributed by atoms with van der Waals surface area (Å²) in [6, 6.07) is 18.3. The first kappa shape index (κ1) is 19.2. The van der Waals surface area contributed by atoms with Crippen molar-refractivity contribution in [3.8, 4) is 0 Å². The Hall–Kier alpha value is -2.53. The van der Waals surface area contributed by atoms with Crippen LogP contribution in [0.4, 0.5) is 16.2 Å². The molecule has 1 aliphatic rings. The highest BCUT2D eigenvalue weighted by Crippen LogP contribution is 2.20. The quantitative estimate of drug-likeness (QED) is 0.843. The summed E-state index contributed by atoms with van der Waals surface area (Å²) in [5.74, 6) is 0. The lowest BCUT2D eigenvalue weighted by molar-refractivity contribution is 0.209. The predicted molar refractivity (Wildman–Crippen MR) is 112 cm³/mol. The molecule has 0 aliphatic carbocycles. The number of hydrogen-bond acceptors (Lipinski definition) is 3. The van der Waals surface area contributed by atoms with Crippen molar-refractivity contribution in [1.82, 2.24) is 9.80 Å². The van der Waals surface area contributed by atoms with Gasteiger partial charge in [-0.15, -0.1) is 0 Å². The first-order chi connectivity index (χ1) is 13.2. The lowest BCUT2D eigenvalue weighted by Gasteiger charge is -2.34. The minimum absolute atomic E-state index is 0.0481. The second-order valence-electron chi connectivity index (χ2n) is 7.17. The van der Waals surface area contributed by atoms with Gasteiger partial charge in [-0.05, 0) is 43.3 Å². The van der Waals surface area contributed by atoms with Gasteiger partial charge in [0.25, 0.3) is 0 Å². The van der Waals surface area contributed by atoms with Crippen LogP contribution < -0.4 is 10.2 Å². The molecule has 0 radical (unpaired) electrons. The van der Waals surface area contributed by atoms with E-state index in [0.29, 0.717) is 6.54 Å². The Balaban J connectivity index is 1.60. The molecule has 0 saturated carbocycles. The third kappa shape index (κ3) is 5.47. The van der Waals surface area contributed by atoms with Crippen molar-refractivity contribution in [3.05, 3.63) is 60.2 Å². The second-order valence-corrected chi connectivity index (χ2v) is 7.17. The zero-order chi connectivity index (χ0) is 19.1. The van der Waals surface area contributed by atoms with Gasteiger partial charge in [-0.3, -0.25) is 0 Å². The smallest absolute Gasteiger partial charge is 0.322 e. The molecule has 5 heteroatoms. The fourth-order valence-electron chi connectivity index (χ4n) is 3.35. The number of anilines is 2. The van der Waals surface area contributed by atoms with Crippen LogP contribution in [0.5, 0.6) is 0 Å². The molecule has 0 spiro atoms. The normalized spacial score (nSPS) is 14.8. The van der Waals surface area contributed by atoms with Gasteiger partial charge in [-0.1, -0.05) is 37.3 Å². The molecule has 3 rings (SSSR count). The molecular formula is C22H30N4O. The molecule has 2 aromatic rings. The van der Waals surface area contributed by atoms with Crippen LogP contribution in [0.1, 0.15) is 18.9 Å². The van der Waals surface area contributed by atoms with Gasteiger partial charge in [0.15, 0.2) is 0 Å². The number of carbonyl (C=O) groups excluding carboxylic acids is 1. The van der Waals surface area contributed by atoms with Crippen molar-refractivity contribution < 1.29 is 4.79 Å². The zero-order valence-electron chi connectivity index (χ0n) is 16.4. The maximum absolute atomic E-state index is 12.7. The number of carbonyl (C=O) groups is 1. The number of benzene rings is 2. The molecule has 144 valence electrons. The Labute approximate surface area is 162 Å². The standard InChI is InChI=1S/C22H30N4O/c1-3-13-26(18-19-7-5-4-6-8-19)22(27)23-20-9-11-21(12-10-20)25-16-14-24(2)15-17-25/h4-12H,3,13-18H2,1-2H3,(H,23,27). The average molecular weight is 367 g/mol. The number of nitrogens with zero attached hydrogens (tertiary/aromatic N) is 3. The number of nitrogens with one attached hydrogen (secondary N) is 1. The van der Waals surface area contributed by atoms with Crippen LogP contribution in [-0.4, -0.2) is 55.6 Å². The SMILES string of the molecule is CCCN(Cc1ccccc1)C(=O)Nc1ccc(N2CCN(C)CC2)cc1. The minimum atomic E-state index is -0.0481. The van der Waals surface area contributed by atoms with E-state index in [2.05, 4.69) is 53.4 Å². The predicted octanol–water partition coefficient (Wildman–Crippen LogP) is 3.88. The average Bonchev–Trinajstić information content (AvgIpc) is 2.70. The highest BCUT2D eigenvalue weighted by molar-refractivity contribution is 5.89. The summed E-state index contributed by atoms with van der Waals surface area (Å²) in [7, 11) is 2.16. The summed E-state index contributed by atoms with van der Waals surface area (Å²) in [5.41, 5.74) is 3.20. The molecule has 1 aliphatic heterocycles. The van der Waals surface area contributed by atoms with E-state index in [-0.39, 0.29) is 6.03 Å². The van der Waals surface area contributed by atoms with Crippen LogP contribution >= 0.6 is 0 Å². The van der Waals surface area contributed by atoms with Gasteiger partial charge >= 0.3 is 6.03 Å². The van der Waals surface area contributed by atoms with Crippen molar-refractivity contribution in [2.75, 3.05) is 50.0 Å². The van der Waals surface area contributed by atoms with Crippen LogP contribution in [0.3, 0.4) is 0 Å². The summed E-state index contributed by atoms with van der Waals surface area (Å²) in [6.45, 7) is 7.72. The fourth-order valence-corrected chi connectivity index (χ4v) is 3.35. The molecule has 2 aromatic carbocycles. The molecule has 5 nitrogen and oxygen atoms in total. The highest BCUT2D eigenvalue weighted by Gasteiger charge is 2.15. The first-order valence-electron chi connectivity index (χ1n) is 9.79. The Kier molecular flexibility index (Phi) is 6.71. The van der Waals surface area contributed by atoms with Gasteiger partial charge in [-0.25, -0.2) is 4.79 Å². The minimum Gasteiger partial charge on any atom is -0.369 e. The summed E-state index contributed by atoms with van der Waals surface area (Å²) < 4.78 is 0. The molecule has 1 saturated heterocycles. The van der Waals surface area contributed by atoms with Crippen molar-refractivity contribution in [2.45, 2.75) is 19.9 Å². The van der Waals surface area contributed by atoms with Gasteiger partial charge < -0.3 is 20.0 Å². The zero-order valence-corrected chi connectivity index (χ0v) is 16.4. The first-order valence-corrected chi connectivity index (χ1v) is 9.79. The summed E-state index contributed by atoms with van der Waals surface area (Å²) in [5, 5.41) is 3.04. The number of urea groups is 1. The van der Waals surface area contributed by atoms with Gasteiger partial charge in [0.1, 0.15) is 0 Å². The topological polar surface area (TPSA) is 38.8 Å².